The fourth-order valence-electron chi connectivity index (χ4n) is 5.66. The summed E-state index contributed by atoms with van der Waals surface area (Å²) in [5.74, 6) is -2.33. The average Bonchev–Trinajstić information content (AvgIpc) is 3.04. The zero-order valence-corrected chi connectivity index (χ0v) is 21.3. The van der Waals surface area contributed by atoms with Gasteiger partial charge in [0.1, 0.15) is 6.04 Å². The molecule has 0 aromatic heterocycles. The lowest BCUT2D eigenvalue weighted by Gasteiger charge is -2.35. The molecule has 33 heavy (non-hydrogen) atoms. The summed E-state index contributed by atoms with van der Waals surface area (Å²) in [6.45, 7) is 12.0. The molecule has 188 valence electrons. The first-order chi connectivity index (χ1) is 15.7. The van der Waals surface area contributed by atoms with Crippen molar-refractivity contribution < 1.29 is 24.2 Å². The molecule has 7 atom stereocenters. The minimum Gasteiger partial charge on any atom is -0.466 e. The Labute approximate surface area is 199 Å². The van der Waals surface area contributed by atoms with Gasteiger partial charge in [-0.3, -0.25) is 14.4 Å². The zero-order valence-electron chi connectivity index (χ0n) is 21.3. The summed E-state index contributed by atoms with van der Waals surface area (Å²) < 4.78 is 5.40. The first-order valence-corrected chi connectivity index (χ1v) is 12.8. The van der Waals surface area contributed by atoms with E-state index in [-0.39, 0.29) is 48.9 Å². The second kappa shape index (κ2) is 12.5. The largest absolute Gasteiger partial charge is 0.466 e. The molecule has 2 amide bonds. The van der Waals surface area contributed by atoms with Gasteiger partial charge in [0.2, 0.25) is 11.8 Å². The summed E-state index contributed by atoms with van der Waals surface area (Å²) in [6.07, 6.45) is 8.00. The van der Waals surface area contributed by atoms with Gasteiger partial charge in [0.05, 0.1) is 31.1 Å². The third-order valence-corrected chi connectivity index (χ3v) is 6.95. The number of amides is 2. The van der Waals surface area contributed by atoms with Crippen molar-refractivity contribution in [1.29, 1.82) is 0 Å². The van der Waals surface area contributed by atoms with Gasteiger partial charge in [-0.05, 0) is 44.9 Å². The van der Waals surface area contributed by atoms with Gasteiger partial charge in [0, 0.05) is 12.0 Å². The van der Waals surface area contributed by atoms with Crippen LogP contribution in [0.1, 0.15) is 73.6 Å². The molecule has 7 heteroatoms. The lowest BCUT2D eigenvalue weighted by atomic mass is 9.68. The fraction of sp³-hybridized carbons (Fsp3) is 0.808. The first kappa shape index (κ1) is 27.4. The average molecular weight is 465 g/mol. The van der Waals surface area contributed by atoms with Gasteiger partial charge in [0.15, 0.2) is 0 Å². The highest BCUT2D eigenvalue weighted by atomic mass is 16.5. The van der Waals surface area contributed by atoms with Gasteiger partial charge >= 0.3 is 5.97 Å². The Bertz CT molecular complexity index is 707. The number of carbonyl (C=O) groups excluding carboxylic acids is 3. The summed E-state index contributed by atoms with van der Waals surface area (Å²) >= 11 is 0. The fourth-order valence-corrected chi connectivity index (χ4v) is 5.66. The maximum absolute atomic E-state index is 13.9. The quantitative estimate of drug-likeness (QED) is 0.341. The second-order valence-corrected chi connectivity index (χ2v) is 10.1. The van der Waals surface area contributed by atoms with Gasteiger partial charge < -0.3 is 20.1 Å². The number of carbonyl (C=O) groups is 3. The van der Waals surface area contributed by atoms with Crippen LogP contribution in [0.5, 0.6) is 0 Å². The van der Waals surface area contributed by atoms with Crippen LogP contribution in [0.3, 0.4) is 0 Å². The summed E-state index contributed by atoms with van der Waals surface area (Å²) in [6, 6.07) is -1.23. The Hall–Kier alpha value is -1.89. The molecular formula is C26H44N2O5. The summed E-state index contributed by atoms with van der Waals surface area (Å²) in [5, 5.41) is 13.3. The molecule has 2 rings (SSSR count). The molecule has 1 heterocycles. The third-order valence-electron chi connectivity index (χ3n) is 6.95. The smallest absolute Gasteiger partial charge is 0.310 e. The van der Waals surface area contributed by atoms with Crippen LogP contribution in [0, 0.1) is 29.6 Å². The molecule has 2 aliphatic rings. The Morgan fingerprint density at radius 3 is 2.39 bits per heavy atom. The van der Waals surface area contributed by atoms with Crippen LogP contribution in [-0.4, -0.2) is 59.1 Å². The van der Waals surface area contributed by atoms with E-state index in [1.165, 1.54) is 0 Å². The van der Waals surface area contributed by atoms with Crippen molar-refractivity contribution in [3.05, 3.63) is 12.2 Å². The van der Waals surface area contributed by atoms with Crippen LogP contribution in [0.4, 0.5) is 0 Å². The number of rotatable bonds is 12. The Kier molecular flexibility index (Phi) is 10.4. The van der Waals surface area contributed by atoms with Crippen molar-refractivity contribution >= 4 is 17.8 Å². The van der Waals surface area contributed by atoms with Crippen LogP contribution >= 0.6 is 0 Å². The number of nitrogens with one attached hydrogen (secondary N) is 1. The van der Waals surface area contributed by atoms with Crippen molar-refractivity contribution in [2.75, 3.05) is 13.2 Å². The van der Waals surface area contributed by atoms with Crippen LogP contribution in [0.2, 0.25) is 0 Å². The highest BCUT2D eigenvalue weighted by Gasteiger charge is 2.58. The van der Waals surface area contributed by atoms with E-state index < -0.39 is 29.8 Å². The molecule has 7 nitrogen and oxygen atoms in total. The molecule has 0 radical (unpaired) electrons. The van der Waals surface area contributed by atoms with E-state index in [0.29, 0.717) is 6.42 Å². The number of aliphatic hydroxyl groups excluding tert-OH is 1. The molecule has 2 N–H and O–H groups in total. The number of esters is 1. The minimum absolute atomic E-state index is 0.0163. The lowest BCUT2D eigenvalue weighted by molar-refractivity contribution is -0.156. The van der Waals surface area contributed by atoms with E-state index in [0.717, 1.165) is 25.7 Å². The van der Waals surface area contributed by atoms with E-state index in [9.17, 15) is 19.5 Å². The van der Waals surface area contributed by atoms with E-state index in [4.69, 9.17) is 4.74 Å². The monoisotopic (exact) mass is 464 g/mol. The van der Waals surface area contributed by atoms with Crippen molar-refractivity contribution in [2.24, 2.45) is 29.6 Å². The molecule has 0 saturated carbocycles. The van der Waals surface area contributed by atoms with Gasteiger partial charge in [-0.15, -0.1) is 0 Å². The number of likely N-dealkylation sites (tertiary alicyclic amines) is 1. The molecule has 0 aromatic carbocycles. The van der Waals surface area contributed by atoms with Crippen molar-refractivity contribution in [3.63, 3.8) is 0 Å². The molecule has 0 aromatic rings. The molecule has 1 saturated heterocycles. The van der Waals surface area contributed by atoms with Crippen molar-refractivity contribution in [2.45, 2.75) is 91.8 Å². The Balaban J connectivity index is 2.52. The normalized spacial score (nSPS) is 28.5. The van der Waals surface area contributed by atoms with E-state index in [2.05, 4.69) is 19.2 Å². The maximum atomic E-state index is 13.9. The summed E-state index contributed by atoms with van der Waals surface area (Å²) in [7, 11) is 0. The van der Waals surface area contributed by atoms with E-state index in [1.807, 2.05) is 32.9 Å². The van der Waals surface area contributed by atoms with Crippen molar-refractivity contribution in [1.82, 2.24) is 10.2 Å². The SMILES string of the molecule is CCCC(C)NC(=O)[C@@H]1[C@H]2C=C[C@@H](CCC)[C@@H](C(=O)OCC)[C@H]2C(=O)N1[C@@H](CO)CC(C)C. The number of hydrogen-bond donors (Lipinski definition) is 2. The Morgan fingerprint density at radius 1 is 1.15 bits per heavy atom. The molecule has 1 fully saturated rings. The van der Waals surface area contributed by atoms with Gasteiger partial charge in [-0.25, -0.2) is 0 Å². The number of aliphatic hydroxyl groups is 1. The summed E-state index contributed by atoms with van der Waals surface area (Å²) in [4.78, 5) is 42.1. The number of nitrogens with zero attached hydrogens (tertiary/aromatic N) is 1. The van der Waals surface area contributed by atoms with Gasteiger partial charge in [0.25, 0.3) is 0 Å². The number of allylic oxidation sites excluding steroid dienone is 1. The molecule has 1 aliphatic carbocycles. The second-order valence-electron chi connectivity index (χ2n) is 10.1. The van der Waals surface area contributed by atoms with E-state index >= 15 is 0 Å². The van der Waals surface area contributed by atoms with Crippen LogP contribution < -0.4 is 5.32 Å². The van der Waals surface area contributed by atoms with Gasteiger partial charge in [-0.2, -0.15) is 0 Å². The van der Waals surface area contributed by atoms with Crippen LogP contribution in [0.15, 0.2) is 12.2 Å². The number of fused-ring (bicyclic) bond motifs is 1. The lowest BCUT2D eigenvalue weighted by Crippen LogP contribution is -2.54. The Morgan fingerprint density at radius 2 is 1.85 bits per heavy atom. The highest BCUT2D eigenvalue weighted by molar-refractivity contribution is 5.96. The maximum Gasteiger partial charge on any atom is 0.310 e. The summed E-state index contributed by atoms with van der Waals surface area (Å²) in [5.41, 5.74) is 0. The predicted octanol–water partition coefficient (Wildman–Crippen LogP) is 3.31. The predicted molar refractivity (Wildman–Crippen MR) is 128 cm³/mol. The number of ether oxygens (including phenoxy) is 1. The third kappa shape index (κ3) is 6.17. The molecule has 0 spiro atoms. The van der Waals surface area contributed by atoms with Gasteiger partial charge in [-0.1, -0.05) is 52.7 Å². The van der Waals surface area contributed by atoms with Crippen molar-refractivity contribution in [3.8, 4) is 0 Å². The molecule has 0 bridgehead atoms. The number of hydrogen-bond acceptors (Lipinski definition) is 5. The highest BCUT2D eigenvalue weighted by Crippen LogP contribution is 2.46. The van der Waals surface area contributed by atoms with Crippen LogP contribution in [-0.2, 0) is 19.1 Å². The zero-order chi connectivity index (χ0) is 24.7. The molecule has 1 aliphatic heterocycles. The minimum atomic E-state index is -0.742. The standard InChI is InChI=1S/C26H44N2O5/c1-7-10-17(6)27-24(30)23-20-13-12-18(11-8-2)21(26(32)33-9-3)22(20)25(31)28(23)19(15-29)14-16(4)5/h12-13,16-23,29H,7-11,14-15H2,1-6H3,(H,27,30)/t17?,18-,19-,20+,21-,22+,23+/m1/s1. The topological polar surface area (TPSA) is 95.9 Å². The molecule has 1 unspecified atom stereocenters. The van der Waals surface area contributed by atoms with Crippen LogP contribution in [0.25, 0.3) is 0 Å². The first-order valence-electron chi connectivity index (χ1n) is 12.8. The molecular weight excluding hydrogens is 420 g/mol. The van der Waals surface area contributed by atoms with E-state index in [1.54, 1.807) is 11.8 Å².